The standard InChI is InChI=1S/C15H20BrFN2O2/c1-11(12-2-3-14(17)13(16)10-12)18-5-4-15(20)19-6-8-21-9-7-19/h2-3,10-11,18H,4-9H2,1H3. The summed E-state index contributed by atoms with van der Waals surface area (Å²) in [6.45, 7) is 5.21. The van der Waals surface area contributed by atoms with E-state index in [0.29, 0.717) is 43.7 Å². The molecule has 6 heteroatoms. The summed E-state index contributed by atoms with van der Waals surface area (Å²) >= 11 is 3.18. The first-order valence-electron chi connectivity index (χ1n) is 7.12. The van der Waals surface area contributed by atoms with E-state index in [1.54, 1.807) is 12.1 Å². The lowest BCUT2D eigenvalue weighted by molar-refractivity contribution is -0.135. The third kappa shape index (κ3) is 4.76. The molecule has 1 aromatic carbocycles. The SMILES string of the molecule is CC(NCCC(=O)N1CCOCC1)c1ccc(F)c(Br)c1. The Morgan fingerprint density at radius 2 is 2.19 bits per heavy atom. The van der Waals surface area contributed by atoms with Crippen LogP contribution in [0.4, 0.5) is 4.39 Å². The van der Waals surface area contributed by atoms with Crippen molar-refractivity contribution < 1.29 is 13.9 Å². The van der Waals surface area contributed by atoms with Gasteiger partial charge in [0.05, 0.1) is 17.7 Å². The Labute approximate surface area is 132 Å². The van der Waals surface area contributed by atoms with Crippen LogP contribution in [0.3, 0.4) is 0 Å². The monoisotopic (exact) mass is 358 g/mol. The Bertz CT molecular complexity index is 493. The van der Waals surface area contributed by atoms with Gasteiger partial charge in [-0.15, -0.1) is 0 Å². The van der Waals surface area contributed by atoms with Crippen LogP contribution < -0.4 is 5.32 Å². The van der Waals surface area contributed by atoms with Crippen LogP contribution in [0, 0.1) is 5.82 Å². The molecule has 1 N–H and O–H groups in total. The maximum atomic E-state index is 13.2. The molecule has 116 valence electrons. The highest BCUT2D eigenvalue weighted by molar-refractivity contribution is 9.10. The normalized spacial score (nSPS) is 16.8. The lowest BCUT2D eigenvalue weighted by Crippen LogP contribution is -2.41. The third-order valence-electron chi connectivity index (χ3n) is 3.60. The Morgan fingerprint density at radius 3 is 2.86 bits per heavy atom. The minimum absolute atomic E-state index is 0.0689. The molecular formula is C15H20BrFN2O2. The molecule has 1 aliphatic heterocycles. The van der Waals surface area contributed by atoms with Crippen LogP contribution in [-0.4, -0.2) is 43.7 Å². The molecule has 1 amide bonds. The van der Waals surface area contributed by atoms with Gasteiger partial charge in [0.2, 0.25) is 5.91 Å². The summed E-state index contributed by atoms with van der Waals surface area (Å²) < 4.78 is 18.9. The van der Waals surface area contributed by atoms with Gasteiger partial charge in [0.25, 0.3) is 0 Å². The highest BCUT2D eigenvalue weighted by Gasteiger charge is 2.16. The van der Waals surface area contributed by atoms with E-state index in [2.05, 4.69) is 21.2 Å². The zero-order chi connectivity index (χ0) is 15.2. The van der Waals surface area contributed by atoms with Crippen LogP contribution in [0.1, 0.15) is 24.9 Å². The van der Waals surface area contributed by atoms with Crippen molar-refractivity contribution in [2.24, 2.45) is 0 Å². The van der Waals surface area contributed by atoms with E-state index in [1.165, 1.54) is 6.07 Å². The van der Waals surface area contributed by atoms with Gasteiger partial charge in [0.1, 0.15) is 5.82 Å². The van der Waals surface area contributed by atoms with Gasteiger partial charge in [-0.05, 0) is 40.5 Å². The molecule has 1 aliphatic rings. The third-order valence-corrected chi connectivity index (χ3v) is 4.20. The van der Waals surface area contributed by atoms with Gasteiger partial charge in [-0.3, -0.25) is 4.79 Å². The molecule has 0 bridgehead atoms. The fraction of sp³-hybridized carbons (Fsp3) is 0.533. The number of ether oxygens (including phenoxy) is 1. The molecule has 1 atom stereocenters. The van der Waals surface area contributed by atoms with Crippen molar-refractivity contribution in [3.63, 3.8) is 0 Å². The number of carbonyl (C=O) groups excluding carboxylic acids is 1. The molecular weight excluding hydrogens is 339 g/mol. The van der Waals surface area contributed by atoms with Gasteiger partial charge in [-0.1, -0.05) is 6.07 Å². The molecule has 1 aromatic rings. The first kappa shape index (κ1) is 16.4. The Morgan fingerprint density at radius 1 is 1.48 bits per heavy atom. The number of amides is 1. The van der Waals surface area contributed by atoms with Crippen molar-refractivity contribution in [1.29, 1.82) is 0 Å². The number of nitrogens with one attached hydrogen (secondary N) is 1. The molecule has 0 aromatic heterocycles. The highest BCUT2D eigenvalue weighted by atomic mass is 79.9. The molecule has 2 rings (SSSR count). The first-order valence-corrected chi connectivity index (χ1v) is 7.91. The van der Waals surface area contributed by atoms with Gasteiger partial charge >= 0.3 is 0 Å². The van der Waals surface area contributed by atoms with Crippen molar-refractivity contribution in [3.8, 4) is 0 Å². The summed E-state index contributed by atoms with van der Waals surface area (Å²) in [6, 6.07) is 5.02. The van der Waals surface area contributed by atoms with Crippen LogP contribution in [0.2, 0.25) is 0 Å². The molecule has 4 nitrogen and oxygen atoms in total. The van der Waals surface area contributed by atoms with Crippen molar-refractivity contribution in [3.05, 3.63) is 34.1 Å². The Balaban J connectivity index is 1.76. The largest absolute Gasteiger partial charge is 0.378 e. The molecule has 1 heterocycles. The Hall–Kier alpha value is -0.980. The van der Waals surface area contributed by atoms with E-state index >= 15 is 0 Å². The maximum absolute atomic E-state index is 13.2. The van der Waals surface area contributed by atoms with Gasteiger partial charge in [-0.25, -0.2) is 4.39 Å². The molecule has 0 spiro atoms. The molecule has 0 radical (unpaired) electrons. The van der Waals surface area contributed by atoms with Crippen molar-refractivity contribution in [2.45, 2.75) is 19.4 Å². The lowest BCUT2D eigenvalue weighted by Gasteiger charge is -2.27. The maximum Gasteiger partial charge on any atom is 0.224 e. The van der Waals surface area contributed by atoms with Gasteiger partial charge < -0.3 is 15.0 Å². The smallest absolute Gasteiger partial charge is 0.224 e. The number of morpholine rings is 1. The fourth-order valence-corrected chi connectivity index (χ4v) is 2.66. The number of hydrogen-bond donors (Lipinski definition) is 1. The molecule has 1 saturated heterocycles. The lowest BCUT2D eigenvalue weighted by atomic mass is 10.1. The number of nitrogens with zero attached hydrogens (tertiary/aromatic N) is 1. The summed E-state index contributed by atoms with van der Waals surface area (Å²) in [5, 5.41) is 3.29. The Kier molecular flexibility index (Phi) is 6.14. The van der Waals surface area contributed by atoms with Crippen molar-refractivity contribution >= 4 is 21.8 Å². The first-order chi connectivity index (χ1) is 10.1. The van der Waals surface area contributed by atoms with E-state index in [4.69, 9.17) is 4.74 Å². The number of hydrogen-bond acceptors (Lipinski definition) is 3. The quantitative estimate of drug-likeness (QED) is 0.878. The van der Waals surface area contributed by atoms with E-state index < -0.39 is 0 Å². The summed E-state index contributed by atoms with van der Waals surface area (Å²) in [6.07, 6.45) is 0.465. The average molecular weight is 359 g/mol. The summed E-state index contributed by atoms with van der Waals surface area (Å²) in [4.78, 5) is 13.8. The van der Waals surface area contributed by atoms with Crippen molar-refractivity contribution in [2.75, 3.05) is 32.8 Å². The number of halogens is 2. The fourth-order valence-electron chi connectivity index (χ4n) is 2.27. The number of carbonyl (C=O) groups is 1. The molecule has 1 fully saturated rings. The minimum atomic E-state index is -0.270. The van der Waals surface area contributed by atoms with E-state index in [0.717, 1.165) is 5.56 Å². The molecule has 1 unspecified atom stereocenters. The van der Waals surface area contributed by atoms with Gasteiger partial charge in [0, 0.05) is 32.1 Å². The summed E-state index contributed by atoms with van der Waals surface area (Å²) in [7, 11) is 0. The predicted octanol–water partition coefficient (Wildman–Crippen LogP) is 2.49. The van der Waals surface area contributed by atoms with Gasteiger partial charge in [0.15, 0.2) is 0 Å². The summed E-state index contributed by atoms with van der Waals surface area (Å²) in [5.41, 5.74) is 0.988. The summed E-state index contributed by atoms with van der Waals surface area (Å²) in [5.74, 6) is -0.119. The van der Waals surface area contributed by atoms with Crippen LogP contribution in [0.25, 0.3) is 0 Å². The van der Waals surface area contributed by atoms with E-state index in [9.17, 15) is 9.18 Å². The predicted molar refractivity (Wildman–Crippen MR) is 82.5 cm³/mol. The second kappa shape index (κ2) is 7.87. The van der Waals surface area contributed by atoms with Crippen LogP contribution in [-0.2, 0) is 9.53 Å². The second-order valence-corrected chi connectivity index (χ2v) is 5.95. The minimum Gasteiger partial charge on any atom is -0.378 e. The molecule has 0 aliphatic carbocycles. The van der Waals surface area contributed by atoms with Crippen LogP contribution in [0.15, 0.2) is 22.7 Å². The van der Waals surface area contributed by atoms with E-state index in [1.807, 2.05) is 11.8 Å². The van der Waals surface area contributed by atoms with Gasteiger partial charge in [-0.2, -0.15) is 0 Å². The van der Waals surface area contributed by atoms with E-state index in [-0.39, 0.29) is 17.8 Å². The van der Waals surface area contributed by atoms with Crippen LogP contribution >= 0.6 is 15.9 Å². The molecule has 0 saturated carbocycles. The number of rotatable bonds is 5. The second-order valence-electron chi connectivity index (χ2n) is 5.09. The zero-order valence-corrected chi connectivity index (χ0v) is 13.7. The highest BCUT2D eigenvalue weighted by Crippen LogP contribution is 2.21. The van der Waals surface area contributed by atoms with Crippen molar-refractivity contribution in [1.82, 2.24) is 10.2 Å². The molecule has 21 heavy (non-hydrogen) atoms. The zero-order valence-electron chi connectivity index (χ0n) is 12.1. The average Bonchev–Trinajstić information content (AvgIpc) is 2.50. The van der Waals surface area contributed by atoms with Crippen LogP contribution in [0.5, 0.6) is 0 Å². The number of benzene rings is 1. The topological polar surface area (TPSA) is 41.6 Å².